The van der Waals surface area contributed by atoms with Gasteiger partial charge in [-0.05, 0) is 50.1 Å². The highest BCUT2D eigenvalue weighted by atomic mass is 19.1. The first-order valence-corrected chi connectivity index (χ1v) is 9.72. The molecule has 1 aliphatic rings. The minimum absolute atomic E-state index is 0.0134. The van der Waals surface area contributed by atoms with Crippen LogP contribution in [-0.2, 0) is 13.0 Å². The molecule has 0 unspecified atom stereocenters. The highest BCUT2D eigenvalue weighted by Gasteiger charge is 2.19. The van der Waals surface area contributed by atoms with Gasteiger partial charge in [-0.3, -0.25) is 14.9 Å². The lowest BCUT2D eigenvalue weighted by Gasteiger charge is -2.11. The van der Waals surface area contributed by atoms with Crippen molar-refractivity contribution >= 4 is 17.3 Å². The van der Waals surface area contributed by atoms with Crippen molar-refractivity contribution in [3.63, 3.8) is 0 Å². The van der Waals surface area contributed by atoms with Crippen LogP contribution in [0.4, 0.5) is 15.8 Å². The van der Waals surface area contributed by atoms with E-state index in [0.29, 0.717) is 17.0 Å². The van der Waals surface area contributed by atoms with E-state index in [1.54, 1.807) is 13.0 Å². The predicted molar refractivity (Wildman–Crippen MR) is 109 cm³/mol. The average molecular weight is 409 g/mol. The summed E-state index contributed by atoms with van der Waals surface area (Å²) in [4.78, 5) is 23.0. The minimum atomic E-state index is -0.582. The van der Waals surface area contributed by atoms with Gasteiger partial charge in [0.2, 0.25) is 0 Å². The fraction of sp³-hybridized carbons (Fsp3) is 0.286. The normalized spacial score (nSPS) is 13.4. The molecular formula is C21H20FN5O3. The summed E-state index contributed by atoms with van der Waals surface area (Å²) in [5.41, 5.74) is 1.16. The standard InChI is InChI=1S/C21H20FN5O3/c1-13-11-15(7-9-18(13)27(29)30)21(28)23-17-12-14(6-8-16(17)22)20-25-24-19-5-3-2-4-10-26(19)20/h6-9,11-12H,2-5,10H2,1H3,(H,23,28). The summed E-state index contributed by atoms with van der Waals surface area (Å²) >= 11 is 0. The van der Waals surface area contributed by atoms with Gasteiger partial charge in [0.15, 0.2) is 5.82 Å². The predicted octanol–water partition coefficient (Wildman–Crippen LogP) is 4.28. The number of rotatable bonds is 4. The molecule has 0 bridgehead atoms. The lowest BCUT2D eigenvalue weighted by Crippen LogP contribution is -2.13. The number of carbonyl (C=O) groups excluding carboxylic acids is 1. The van der Waals surface area contributed by atoms with E-state index in [-0.39, 0.29) is 16.9 Å². The highest BCUT2D eigenvalue weighted by molar-refractivity contribution is 6.04. The third-order valence-electron chi connectivity index (χ3n) is 5.24. The molecule has 0 aliphatic carbocycles. The second-order valence-corrected chi connectivity index (χ2v) is 7.31. The maximum atomic E-state index is 14.4. The molecule has 30 heavy (non-hydrogen) atoms. The van der Waals surface area contributed by atoms with Gasteiger partial charge in [0, 0.05) is 35.7 Å². The molecular weight excluding hydrogens is 389 g/mol. The summed E-state index contributed by atoms with van der Waals surface area (Å²) in [6.07, 6.45) is 4.08. The minimum Gasteiger partial charge on any atom is -0.319 e. The Balaban J connectivity index is 1.62. The molecule has 3 aromatic rings. The lowest BCUT2D eigenvalue weighted by atomic mass is 10.1. The first-order chi connectivity index (χ1) is 14.4. The fourth-order valence-corrected chi connectivity index (χ4v) is 3.65. The first-order valence-electron chi connectivity index (χ1n) is 9.72. The van der Waals surface area contributed by atoms with Crippen LogP contribution in [0.2, 0.25) is 0 Å². The Hall–Kier alpha value is -3.62. The Morgan fingerprint density at radius 1 is 1.17 bits per heavy atom. The topological polar surface area (TPSA) is 103 Å². The second kappa shape index (κ2) is 8.02. The number of benzene rings is 2. The number of hydrogen-bond donors (Lipinski definition) is 1. The van der Waals surface area contributed by atoms with Crippen molar-refractivity contribution in [2.45, 2.75) is 39.2 Å². The zero-order valence-corrected chi connectivity index (χ0v) is 16.4. The smallest absolute Gasteiger partial charge is 0.272 e. The molecule has 4 rings (SSSR count). The lowest BCUT2D eigenvalue weighted by molar-refractivity contribution is -0.385. The van der Waals surface area contributed by atoms with Crippen molar-refractivity contribution in [2.24, 2.45) is 0 Å². The molecule has 0 atom stereocenters. The van der Waals surface area contributed by atoms with E-state index in [4.69, 9.17) is 0 Å². The first kappa shape index (κ1) is 19.7. The van der Waals surface area contributed by atoms with E-state index in [9.17, 15) is 19.3 Å². The number of nitro groups is 1. The van der Waals surface area contributed by atoms with Crippen molar-refractivity contribution in [1.82, 2.24) is 14.8 Å². The number of carbonyl (C=O) groups is 1. The molecule has 8 nitrogen and oxygen atoms in total. The van der Waals surface area contributed by atoms with Gasteiger partial charge >= 0.3 is 0 Å². The number of aromatic nitrogens is 3. The molecule has 2 aromatic carbocycles. The molecule has 0 saturated carbocycles. The number of halogens is 1. The van der Waals surface area contributed by atoms with Crippen LogP contribution < -0.4 is 5.32 Å². The van der Waals surface area contributed by atoms with Crippen LogP contribution in [0.3, 0.4) is 0 Å². The summed E-state index contributed by atoms with van der Waals surface area (Å²) < 4.78 is 16.4. The van der Waals surface area contributed by atoms with Crippen LogP contribution in [0, 0.1) is 22.9 Å². The van der Waals surface area contributed by atoms with E-state index in [1.165, 1.54) is 30.3 Å². The van der Waals surface area contributed by atoms with Gasteiger partial charge in [-0.15, -0.1) is 10.2 Å². The second-order valence-electron chi connectivity index (χ2n) is 7.31. The van der Waals surface area contributed by atoms with Crippen molar-refractivity contribution in [3.8, 4) is 11.4 Å². The molecule has 1 aliphatic heterocycles. The Bertz CT molecular complexity index is 1140. The Morgan fingerprint density at radius 2 is 2.00 bits per heavy atom. The van der Waals surface area contributed by atoms with Crippen molar-refractivity contribution < 1.29 is 14.1 Å². The zero-order valence-electron chi connectivity index (χ0n) is 16.4. The van der Waals surface area contributed by atoms with Gasteiger partial charge < -0.3 is 9.88 Å². The van der Waals surface area contributed by atoms with Crippen molar-refractivity contribution in [3.05, 3.63) is 69.3 Å². The SMILES string of the molecule is Cc1cc(C(=O)Nc2cc(-c3nnc4n3CCCCC4)ccc2F)ccc1[N+](=O)[O-]. The van der Waals surface area contributed by atoms with Gasteiger partial charge in [-0.25, -0.2) is 4.39 Å². The summed E-state index contributed by atoms with van der Waals surface area (Å²) in [6.45, 7) is 2.35. The number of fused-ring (bicyclic) bond motifs is 1. The van der Waals surface area contributed by atoms with Crippen LogP contribution in [-0.4, -0.2) is 25.6 Å². The molecule has 0 fully saturated rings. The third-order valence-corrected chi connectivity index (χ3v) is 5.24. The zero-order chi connectivity index (χ0) is 21.3. The number of anilines is 1. The number of amides is 1. The van der Waals surface area contributed by atoms with Gasteiger partial charge in [-0.1, -0.05) is 6.42 Å². The third kappa shape index (κ3) is 3.78. The molecule has 1 N–H and O–H groups in total. The molecule has 0 spiro atoms. The van der Waals surface area contributed by atoms with Gasteiger partial charge in [0.05, 0.1) is 10.6 Å². The maximum absolute atomic E-state index is 14.4. The fourth-order valence-electron chi connectivity index (χ4n) is 3.65. The quantitative estimate of drug-likeness (QED) is 0.512. The van der Waals surface area contributed by atoms with Gasteiger partial charge in [-0.2, -0.15) is 0 Å². The molecule has 9 heteroatoms. The molecule has 0 saturated heterocycles. The number of nitro benzene ring substituents is 1. The number of nitrogens with one attached hydrogen (secondary N) is 1. The van der Waals surface area contributed by atoms with E-state index in [1.807, 2.05) is 4.57 Å². The number of aryl methyl sites for hydroxylation is 2. The largest absolute Gasteiger partial charge is 0.319 e. The molecule has 1 aromatic heterocycles. The number of nitrogens with zero attached hydrogens (tertiary/aromatic N) is 4. The molecule has 1 amide bonds. The summed E-state index contributed by atoms with van der Waals surface area (Å²) in [7, 11) is 0. The van der Waals surface area contributed by atoms with Crippen LogP contribution in [0.5, 0.6) is 0 Å². The van der Waals surface area contributed by atoms with Crippen LogP contribution >= 0.6 is 0 Å². The van der Waals surface area contributed by atoms with E-state index in [2.05, 4.69) is 15.5 Å². The van der Waals surface area contributed by atoms with Crippen molar-refractivity contribution in [1.29, 1.82) is 0 Å². The molecule has 2 heterocycles. The van der Waals surface area contributed by atoms with E-state index in [0.717, 1.165) is 38.1 Å². The van der Waals surface area contributed by atoms with E-state index >= 15 is 0 Å². The van der Waals surface area contributed by atoms with E-state index < -0.39 is 16.6 Å². The van der Waals surface area contributed by atoms with Crippen LogP contribution in [0.15, 0.2) is 36.4 Å². The summed E-state index contributed by atoms with van der Waals surface area (Å²) in [5.74, 6) is 0.429. The molecule has 0 radical (unpaired) electrons. The summed E-state index contributed by atoms with van der Waals surface area (Å²) in [5, 5.41) is 22.0. The van der Waals surface area contributed by atoms with Crippen molar-refractivity contribution in [2.75, 3.05) is 5.32 Å². The Kier molecular flexibility index (Phi) is 5.26. The highest BCUT2D eigenvalue weighted by Crippen LogP contribution is 2.27. The van der Waals surface area contributed by atoms with Gasteiger partial charge in [0.25, 0.3) is 11.6 Å². The average Bonchev–Trinajstić information content (AvgIpc) is 2.97. The van der Waals surface area contributed by atoms with Crippen LogP contribution in [0.25, 0.3) is 11.4 Å². The maximum Gasteiger partial charge on any atom is 0.272 e. The van der Waals surface area contributed by atoms with Gasteiger partial charge in [0.1, 0.15) is 11.6 Å². The number of hydrogen-bond acceptors (Lipinski definition) is 5. The summed E-state index contributed by atoms with van der Waals surface area (Å²) in [6, 6.07) is 8.46. The van der Waals surface area contributed by atoms with Crippen LogP contribution in [0.1, 0.15) is 41.0 Å². The monoisotopic (exact) mass is 409 g/mol. The Labute approximate surface area is 171 Å². The Morgan fingerprint density at radius 3 is 2.77 bits per heavy atom. The molecule has 154 valence electrons.